The number of amides is 2. The SMILES string of the molecule is CC(C)(C(=O)NNC(=O)CC1OCc2cc(Cl)ccc21)c1ccccc1. The second-order valence-electron chi connectivity index (χ2n) is 6.84. The Morgan fingerprint density at radius 3 is 2.62 bits per heavy atom. The van der Waals surface area contributed by atoms with E-state index in [1.165, 1.54) is 0 Å². The Balaban J connectivity index is 1.56. The van der Waals surface area contributed by atoms with Gasteiger partial charge in [-0.05, 0) is 42.7 Å². The zero-order valence-corrected chi connectivity index (χ0v) is 15.5. The molecule has 2 amide bonds. The molecule has 0 bridgehead atoms. The van der Waals surface area contributed by atoms with Gasteiger partial charge in [0.1, 0.15) is 0 Å². The Bertz CT molecular complexity index is 821. The lowest BCUT2D eigenvalue weighted by Gasteiger charge is -2.24. The summed E-state index contributed by atoms with van der Waals surface area (Å²) in [6, 6.07) is 14.9. The summed E-state index contributed by atoms with van der Waals surface area (Å²) < 4.78 is 5.66. The topological polar surface area (TPSA) is 67.4 Å². The van der Waals surface area contributed by atoms with Crippen LogP contribution >= 0.6 is 11.6 Å². The standard InChI is InChI=1S/C20H21ClN2O3/c1-20(2,14-6-4-3-5-7-14)19(25)23-22-18(24)11-17-16-9-8-15(21)10-13(16)12-26-17/h3-10,17H,11-12H2,1-2H3,(H,22,24)(H,23,25). The average molecular weight is 373 g/mol. The van der Waals surface area contributed by atoms with Crippen molar-refractivity contribution in [2.24, 2.45) is 0 Å². The quantitative estimate of drug-likeness (QED) is 0.808. The molecule has 5 nitrogen and oxygen atoms in total. The average Bonchev–Trinajstić information content (AvgIpc) is 3.02. The predicted molar refractivity (Wildman–Crippen MR) is 99.4 cm³/mol. The van der Waals surface area contributed by atoms with Crippen LogP contribution in [0.5, 0.6) is 0 Å². The molecule has 0 spiro atoms. The van der Waals surface area contributed by atoms with Gasteiger partial charge in [0.15, 0.2) is 0 Å². The summed E-state index contributed by atoms with van der Waals surface area (Å²) in [6.07, 6.45) is -0.206. The highest BCUT2D eigenvalue weighted by Crippen LogP contribution is 2.34. The number of fused-ring (bicyclic) bond motifs is 1. The Morgan fingerprint density at radius 2 is 1.88 bits per heavy atom. The third kappa shape index (κ3) is 3.89. The van der Waals surface area contributed by atoms with Gasteiger partial charge >= 0.3 is 0 Å². The van der Waals surface area contributed by atoms with Crippen molar-refractivity contribution in [3.63, 3.8) is 0 Å². The van der Waals surface area contributed by atoms with Crippen LogP contribution in [0.4, 0.5) is 0 Å². The minimum Gasteiger partial charge on any atom is -0.368 e. The molecule has 2 N–H and O–H groups in total. The van der Waals surface area contributed by atoms with Gasteiger partial charge in [0.05, 0.1) is 24.5 Å². The molecular weight excluding hydrogens is 352 g/mol. The zero-order valence-electron chi connectivity index (χ0n) is 14.7. The van der Waals surface area contributed by atoms with Crippen molar-refractivity contribution >= 4 is 23.4 Å². The van der Waals surface area contributed by atoms with Gasteiger partial charge in [-0.25, -0.2) is 0 Å². The fraction of sp³-hybridized carbons (Fsp3) is 0.300. The highest BCUT2D eigenvalue weighted by atomic mass is 35.5. The molecule has 1 heterocycles. The monoisotopic (exact) mass is 372 g/mol. The zero-order chi connectivity index (χ0) is 18.7. The number of halogens is 1. The van der Waals surface area contributed by atoms with Crippen LogP contribution < -0.4 is 10.9 Å². The molecule has 3 rings (SSSR count). The van der Waals surface area contributed by atoms with Crippen LogP contribution in [0.25, 0.3) is 0 Å². The number of carbonyl (C=O) groups is 2. The number of rotatable bonds is 4. The molecule has 26 heavy (non-hydrogen) atoms. The molecule has 6 heteroatoms. The first-order chi connectivity index (χ1) is 12.4. The maximum atomic E-state index is 12.5. The largest absolute Gasteiger partial charge is 0.368 e. The number of hydrogen-bond acceptors (Lipinski definition) is 3. The van der Waals surface area contributed by atoms with Crippen LogP contribution in [-0.4, -0.2) is 11.8 Å². The number of benzene rings is 2. The fourth-order valence-corrected chi connectivity index (χ4v) is 3.15. The lowest BCUT2D eigenvalue weighted by molar-refractivity contribution is -0.132. The van der Waals surface area contributed by atoms with E-state index in [0.29, 0.717) is 11.6 Å². The Kier molecular flexibility index (Phi) is 5.30. The lowest BCUT2D eigenvalue weighted by atomic mass is 9.84. The summed E-state index contributed by atoms with van der Waals surface area (Å²) in [5.74, 6) is -0.591. The van der Waals surface area contributed by atoms with Gasteiger partial charge in [-0.3, -0.25) is 20.4 Å². The van der Waals surface area contributed by atoms with Gasteiger partial charge in [0, 0.05) is 5.02 Å². The Hall–Kier alpha value is -2.37. The summed E-state index contributed by atoms with van der Waals surface area (Å²) in [7, 11) is 0. The molecular formula is C20H21ClN2O3. The summed E-state index contributed by atoms with van der Waals surface area (Å²) >= 11 is 5.97. The van der Waals surface area contributed by atoms with E-state index >= 15 is 0 Å². The normalized spacial score (nSPS) is 16.0. The second-order valence-corrected chi connectivity index (χ2v) is 7.28. The van der Waals surface area contributed by atoms with E-state index in [0.717, 1.165) is 16.7 Å². The maximum Gasteiger partial charge on any atom is 0.248 e. The van der Waals surface area contributed by atoms with Crippen LogP contribution in [0.2, 0.25) is 5.02 Å². The summed E-state index contributed by atoms with van der Waals surface area (Å²) in [6.45, 7) is 4.05. The van der Waals surface area contributed by atoms with Crippen molar-refractivity contribution in [1.29, 1.82) is 0 Å². The molecule has 0 radical (unpaired) electrons. The third-order valence-electron chi connectivity index (χ3n) is 4.64. The van der Waals surface area contributed by atoms with E-state index in [4.69, 9.17) is 16.3 Å². The second kappa shape index (κ2) is 7.48. The predicted octanol–water partition coefficient (Wildman–Crippen LogP) is 3.43. The van der Waals surface area contributed by atoms with Crippen molar-refractivity contribution in [3.8, 4) is 0 Å². The van der Waals surface area contributed by atoms with E-state index < -0.39 is 5.41 Å². The molecule has 0 saturated carbocycles. The Labute approximate surface area is 157 Å². The minimum absolute atomic E-state index is 0.126. The molecule has 1 unspecified atom stereocenters. The van der Waals surface area contributed by atoms with Gasteiger partial charge in [-0.1, -0.05) is 48.0 Å². The van der Waals surface area contributed by atoms with Crippen LogP contribution in [0.15, 0.2) is 48.5 Å². The van der Waals surface area contributed by atoms with E-state index in [1.54, 1.807) is 6.07 Å². The van der Waals surface area contributed by atoms with Crippen molar-refractivity contribution in [3.05, 3.63) is 70.2 Å². The highest BCUT2D eigenvalue weighted by Gasteiger charge is 2.30. The first kappa shape index (κ1) is 18.4. The minimum atomic E-state index is -0.762. The van der Waals surface area contributed by atoms with Crippen molar-refractivity contribution in [1.82, 2.24) is 10.9 Å². The lowest BCUT2D eigenvalue weighted by Crippen LogP contribution is -2.49. The van der Waals surface area contributed by atoms with Crippen molar-refractivity contribution < 1.29 is 14.3 Å². The number of ether oxygens (including phenoxy) is 1. The fourth-order valence-electron chi connectivity index (χ4n) is 2.95. The third-order valence-corrected chi connectivity index (χ3v) is 4.88. The van der Waals surface area contributed by atoms with Gasteiger partial charge in [0.2, 0.25) is 11.8 Å². The number of nitrogens with one attached hydrogen (secondary N) is 2. The van der Waals surface area contributed by atoms with Gasteiger partial charge in [-0.2, -0.15) is 0 Å². The van der Waals surface area contributed by atoms with Crippen LogP contribution in [0.1, 0.15) is 43.1 Å². The van der Waals surface area contributed by atoms with Crippen LogP contribution in [0.3, 0.4) is 0 Å². The number of carbonyl (C=O) groups excluding carboxylic acids is 2. The molecule has 1 atom stereocenters. The molecule has 0 aliphatic carbocycles. The molecule has 0 fully saturated rings. The van der Waals surface area contributed by atoms with E-state index in [-0.39, 0.29) is 24.3 Å². The van der Waals surface area contributed by atoms with E-state index in [9.17, 15) is 9.59 Å². The maximum absolute atomic E-state index is 12.5. The summed E-state index contributed by atoms with van der Waals surface area (Å²) in [4.78, 5) is 24.7. The first-order valence-corrected chi connectivity index (χ1v) is 8.80. The van der Waals surface area contributed by atoms with Crippen LogP contribution in [-0.2, 0) is 26.3 Å². The van der Waals surface area contributed by atoms with Gasteiger partial charge in [-0.15, -0.1) is 0 Å². The van der Waals surface area contributed by atoms with Gasteiger partial charge in [0.25, 0.3) is 0 Å². The van der Waals surface area contributed by atoms with Crippen molar-refractivity contribution in [2.75, 3.05) is 0 Å². The molecule has 2 aromatic rings. The molecule has 0 aromatic heterocycles. The highest BCUT2D eigenvalue weighted by molar-refractivity contribution is 6.30. The Morgan fingerprint density at radius 1 is 1.15 bits per heavy atom. The van der Waals surface area contributed by atoms with E-state index in [1.807, 2.05) is 56.3 Å². The van der Waals surface area contributed by atoms with Crippen molar-refractivity contribution in [2.45, 2.75) is 38.4 Å². The summed E-state index contributed by atoms with van der Waals surface area (Å²) in [5.41, 5.74) is 7.05. The molecule has 136 valence electrons. The van der Waals surface area contributed by atoms with E-state index in [2.05, 4.69) is 10.9 Å². The number of hydrogen-bond donors (Lipinski definition) is 2. The molecule has 1 aliphatic heterocycles. The number of hydrazine groups is 1. The smallest absolute Gasteiger partial charge is 0.248 e. The molecule has 0 saturated heterocycles. The molecule has 1 aliphatic rings. The summed E-state index contributed by atoms with van der Waals surface area (Å²) in [5, 5.41) is 0.646. The molecule has 2 aromatic carbocycles. The van der Waals surface area contributed by atoms with Gasteiger partial charge < -0.3 is 4.74 Å². The first-order valence-electron chi connectivity index (χ1n) is 8.42. The van der Waals surface area contributed by atoms with Crippen LogP contribution in [0, 0.1) is 0 Å².